The minimum Gasteiger partial charge on any atom is -0.469 e. The van der Waals surface area contributed by atoms with Crippen LogP contribution in [0.15, 0.2) is 98.2 Å². The number of nitrogens with zero attached hydrogens (tertiary/aromatic N) is 1. The number of ether oxygens (including phenoxy) is 1. The van der Waals surface area contributed by atoms with Gasteiger partial charge in [0, 0.05) is 34.1 Å². The number of methoxy groups -OCH3 is 1. The Morgan fingerprint density at radius 2 is 1.50 bits per heavy atom. The van der Waals surface area contributed by atoms with E-state index in [-0.39, 0.29) is 24.6 Å². The first-order valence-corrected chi connectivity index (χ1v) is 12.0. The maximum absolute atomic E-state index is 12.8. The van der Waals surface area contributed by atoms with Crippen molar-refractivity contribution in [2.24, 2.45) is 5.16 Å². The predicted molar refractivity (Wildman–Crippen MR) is 136 cm³/mol. The lowest BCUT2D eigenvalue weighted by Gasteiger charge is -2.08. The Labute approximate surface area is 212 Å². The van der Waals surface area contributed by atoms with Crippen molar-refractivity contribution in [1.29, 1.82) is 0 Å². The Bertz CT molecular complexity index is 1390. The van der Waals surface area contributed by atoms with E-state index in [1.54, 1.807) is 18.2 Å². The molecule has 0 aliphatic rings. The number of oxime groups is 1. The molecule has 0 fully saturated rings. The van der Waals surface area contributed by atoms with Gasteiger partial charge in [0.25, 0.3) is 0 Å². The number of para-hydroxylation sites is 1. The lowest BCUT2D eigenvalue weighted by molar-refractivity contribution is -0.141. The van der Waals surface area contributed by atoms with E-state index in [4.69, 9.17) is 9.25 Å². The fourth-order valence-electron chi connectivity index (χ4n) is 3.45. The Kier molecular flexibility index (Phi) is 7.97. The van der Waals surface area contributed by atoms with Gasteiger partial charge in [-0.05, 0) is 54.1 Å². The van der Waals surface area contributed by atoms with Crippen molar-refractivity contribution >= 4 is 46.2 Å². The molecule has 0 unspecified atom stereocenters. The van der Waals surface area contributed by atoms with Gasteiger partial charge in [-0.2, -0.15) is 0 Å². The monoisotopic (exact) mass is 501 g/mol. The molecule has 3 aromatic carbocycles. The highest BCUT2D eigenvalue weighted by molar-refractivity contribution is 7.99. The molecule has 4 aromatic rings. The summed E-state index contributed by atoms with van der Waals surface area (Å²) in [5.74, 6) is -0.774. The summed E-state index contributed by atoms with van der Waals surface area (Å²) in [6, 6.07) is 24.1. The van der Waals surface area contributed by atoms with E-state index < -0.39 is 5.97 Å². The molecular formula is C28H23NO6S. The quantitative estimate of drug-likeness (QED) is 0.0908. The van der Waals surface area contributed by atoms with Gasteiger partial charge in [-0.25, -0.2) is 4.79 Å². The second-order valence-electron chi connectivity index (χ2n) is 7.83. The number of benzene rings is 3. The van der Waals surface area contributed by atoms with Crippen LogP contribution < -0.4 is 0 Å². The Balaban J connectivity index is 1.43. The molecule has 0 aliphatic heterocycles. The summed E-state index contributed by atoms with van der Waals surface area (Å²) in [5.41, 5.74) is 2.44. The van der Waals surface area contributed by atoms with Crippen molar-refractivity contribution in [1.82, 2.24) is 0 Å². The largest absolute Gasteiger partial charge is 0.469 e. The average molecular weight is 502 g/mol. The molecule has 0 amide bonds. The number of rotatable bonds is 9. The molecule has 182 valence electrons. The van der Waals surface area contributed by atoms with Gasteiger partial charge >= 0.3 is 11.9 Å². The van der Waals surface area contributed by atoms with Gasteiger partial charge in [0.15, 0.2) is 5.76 Å². The summed E-state index contributed by atoms with van der Waals surface area (Å²) in [7, 11) is 1.32. The molecule has 0 spiro atoms. The normalized spacial score (nSPS) is 11.3. The van der Waals surface area contributed by atoms with Crippen LogP contribution in [0.4, 0.5) is 0 Å². The van der Waals surface area contributed by atoms with E-state index in [1.807, 2.05) is 60.7 Å². The van der Waals surface area contributed by atoms with E-state index in [0.717, 1.165) is 20.7 Å². The number of hydrogen-bond acceptors (Lipinski definition) is 8. The Morgan fingerprint density at radius 1 is 0.861 bits per heavy atom. The van der Waals surface area contributed by atoms with Gasteiger partial charge in [0.05, 0.1) is 19.2 Å². The van der Waals surface area contributed by atoms with E-state index in [9.17, 15) is 14.4 Å². The highest BCUT2D eigenvalue weighted by atomic mass is 32.2. The van der Waals surface area contributed by atoms with Crippen LogP contribution >= 0.6 is 11.8 Å². The first kappa shape index (κ1) is 24.9. The fourth-order valence-corrected chi connectivity index (χ4v) is 4.26. The van der Waals surface area contributed by atoms with Crippen LogP contribution in [0.2, 0.25) is 0 Å². The molecule has 8 heteroatoms. The Hall–Kier alpha value is -4.17. The van der Waals surface area contributed by atoms with Crippen molar-refractivity contribution in [3.63, 3.8) is 0 Å². The SMILES string of the molecule is COC(=O)CC/C(=N/OC(C)=O)c1ccc(Sc2ccc(C(=O)c3cc4ccccc4o3)cc2)cc1. The molecule has 0 saturated heterocycles. The van der Waals surface area contributed by atoms with Crippen molar-refractivity contribution in [2.75, 3.05) is 7.11 Å². The number of ketones is 1. The summed E-state index contributed by atoms with van der Waals surface area (Å²) >= 11 is 1.53. The lowest BCUT2D eigenvalue weighted by atomic mass is 10.1. The fraction of sp³-hybridized carbons (Fsp3) is 0.143. The zero-order valence-electron chi connectivity index (χ0n) is 19.7. The third-order valence-electron chi connectivity index (χ3n) is 5.27. The molecule has 0 aliphatic carbocycles. The predicted octanol–water partition coefficient (Wildman–Crippen LogP) is 6.04. The van der Waals surface area contributed by atoms with Gasteiger partial charge < -0.3 is 14.0 Å². The molecule has 1 heterocycles. The van der Waals surface area contributed by atoms with Crippen LogP contribution in [0.1, 0.15) is 41.4 Å². The molecule has 0 N–H and O–H groups in total. The number of esters is 1. The van der Waals surface area contributed by atoms with E-state index in [1.165, 1.54) is 25.8 Å². The number of hydrogen-bond donors (Lipinski definition) is 0. The molecule has 7 nitrogen and oxygen atoms in total. The minimum absolute atomic E-state index is 0.117. The number of furan rings is 1. The zero-order chi connectivity index (χ0) is 25.5. The van der Waals surface area contributed by atoms with Gasteiger partial charge in [0.2, 0.25) is 5.78 Å². The van der Waals surface area contributed by atoms with Gasteiger partial charge in [-0.3, -0.25) is 9.59 Å². The molecule has 0 saturated carbocycles. The highest BCUT2D eigenvalue weighted by Crippen LogP contribution is 2.29. The van der Waals surface area contributed by atoms with Crippen molar-refractivity contribution in [3.05, 3.63) is 95.7 Å². The smallest absolute Gasteiger partial charge is 0.331 e. The molecule has 4 rings (SSSR count). The highest BCUT2D eigenvalue weighted by Gasteiger charge is 2.15. The van der Waals surface area contributed by atoms with Gasteiger partial charge in [-0.15, -0.1) is 0 Å². The summed E-state index contributed by atoms with van der Waals surface area (Å²) in [6.45, 7) is 1.26. The maximum Gasteiger partial charge on any atom is 0.331 e. The zero-order valence-corrected chi connectivity index (χ0v) is 20.5. The molecule has 36 heavy (non-hydrogen) atoms. The van der Waals surface area contributed by atoms with Gasteiger partial charge in [-0.1, -0.05) is 47.2 Å². The molecule has 1 aromatic heterocycles. The molecular weight excluding hydrogens is 478 g/mol. The first-order valence-electron chi connectivity index (χ1n) is 11.2. The maximum atomic E-state index is 12.8. The summed E-state index contributed by atoms with van der Waals surface area (Å²) in [6.07, 6.45) is 0.388. The average Bonchev–Trinajstić information content (AvgIpc) is 3.33. The number of carbonyl (C=O) groups excluding carboxylic acids is 3. The topological polar surface area (TPSA) is 95.2 Å². The van der Waals surface area contributed by atoms with E-state index in [0.29, 0.717) is 22.6 Å². The van der Waals surface area contributed by atoms with E-state index in [2.05, 4.69) is 9.89 Å². The minimum atomic E-state index is -0.542. The lowest BCUT2D eigenvalue weighted by Crippen LogP contribution is -2.08. The third-order valence-corrected chi connectivity index (χ3v) is 6.28. The van der Waals surface area contributed by atoms with Gasteiger partial charge in [0.1, 0.15) is 5.58 Å². The van der Waals surface area contributed by atoms with Crippen LogP contribution in [-0.4, -0.2) is 30.5 Å². The molecule has 0 radical (unpaired) electrons. The molecule has 0 bridgehead atoms. The second kappa shape index (κ2) is 11.5. The number of fused-ring (bicyclic) bond motifs is 1. The van der Waals surface area contributed by atoms with Crippen molar-refractivity contribution in [3.8, 4) is 0 Å². The number of carbonyl (C=O) groups is 3. The van der Waals surface area contributed by atoms with Crippen LogP contribution in [0.5, 0.6) is 0 Å². The summed E-state index contributed by atoms with van der Waals surface area (Å²) < 4.78 is 10.4. The van der Waals surface area contributed by atoms with Crippen LogP contribution in [0.3, 0.4) is 0 Å². The van der Waals surface area contributed by atoms with E-state index >= 15 is 0 Å². The second-order valence-corrected chi connectivity index (χ2v) is 8.97. The molecule has 0 atom stereocenters. The van der Waals surface area contributed by atoms with Crippen molar-refractivity contribution < 1.29 is 28.4 Å². The standard InChI is InChI=1S/C28H23NO6S/c1-18(30)35-29-24(15-16-27(31)33-2)19-7-11-22(12-8-19)36-23-13-9-20(10-14-23)28(32)26-17-21-5-3-4-6-25(21)34-26/h3-14,17H,15-16H2,1-2H3/b29-24-. The third kappa shape index (κ3) is 6.28. The first-order chi connectivity index (χ1) is 17.4. The van der Waals surface area contributed by atoms with Crippen LogP contribution in [0, 0.1) is 0 Å². The van der Waals surface area contributed by atoms with Crippen LogP contribution in [0.25, 0.3) is 11.0 Å². The summed E-state index contributed by atoms with van der Waals surface area (Å²) in [5, 5.41) is 4.78. The summed E-state index contributed by atoms with van der Waals surface area (Å²) in [4.78, 5) is 42.2. The Morgan fingerprint density at radius 3 is 2.11 bits per heavy atom. The van der Waals surface area contributed by atoms with Crippen molar-refractivity contribution in [2.45, 2.75) is 29.6 Å². The van der Waals surface area contributed by atoms with Crippen LogP contribution in [-0.2, 0) is 19.2 Å².